The quantitative estimate of drug-likeness (QED) is 0.445. The smallest absolute Gasteiger partial charge is 0.253 e. The molecule has 3 rings (SSSR count). The second kappa shape index (κ2) is 9.46. The molecule has 1 amide bonds. The van der Waals surface area contributed by atoms with Crippen LogP contribution < -0.4 is 10.6 Å². The van der Waals surface area contributed by atoms with E-state index in [2.05, 4.69) is 27.5 Å². The number of rotatable bonds is 8. The SMILES string of the molecule is CCCCC[C@@H](C)NC(=O)c1cnc2c(c1)nc(Nc1c(Cl)cccc1Cl)n2C. The van der Waals surface area contributed by atoms with Crippen molar-refractivity contribution < 1.29 is 4.79 Å². The van der Waals surface area contributed by atoms with Gasteiger partial charge in [0.25, 0.3) is 5.91 Å². The van der Waals surface area contributed by atoms with Crippen LogP contribution in [0.5, 0.6) is 0 Å². The zero-order valence-electron chi connectivity index (χ0n) is 16.8. The van der Waals surface area contributed by atoms with E-state index in [-0.39, 0.29) is 11.9 Å². The summed E-state index contributed by atoms with van der Waals surface area (Å²) in [6.45, 7) is 4.19. The fourth-order valence-electron chi connectivity index (χ4n) is 3.12. The number of nitrogens with one attached hydrogen (secondary N) is 2. The first-order chi connectivity index (χ1) is 13.9. The van der Waals surface area contributed by atoms with Gasteiger partial charge in [-0.05, 0) is 31.5 Å². The van der Waals surface area contributed by atoms with Crippen LogP contribution in [0.2, 0.25) is 10.0 Å². The number of imidazole rings is 1. The minimum atomic E-state index is -0.141. The van der Waals surface area contributed by atoms with E-state index >= 15 is 0 Å². The standard InChI is InChI=1S/C21H25Cl2N5O/c1-4-5-6-8-13(2)25-20(29)14-11-17-19(24-12-14)28(3)21(26-17)27-18-15(22)9-7-10-16(18)23/h7,9-13H,4-6,8H2,1-3H3,(H,25,29)(H,26,27)/t13-/m1/s1. The topological polar surface area (TPSA) is 71.8 Å². The molecule has 2 aromatic heterocycles. The molecule has 0 spiro atoms. The Morgan fingerprint density at radius 2 is 1.97 bits per heavy atom. The Balaban J connectivity index is 1.79. The van der Waals surface area contributed by atoms with Crippen molar-refractivity contribution in [3.05, 3.63) is 46.1 Å². The first-order valence-electron chi connectivity index (χ1n) is 9.75. The average molecular weight is 434 g/mol. The first kappa shape index (κ1) is 21.4. The van der Waals surface area contributed by atoms with Crippen molar-refractivity contribution in [2.24, 2.45) is 7.05 Å². The number of para-hydroxylation sites is 1. The fourth-order valence-corrected chi connectivity index (χ4v) is 3.61. The number of carbonyl (C=O) groups is 1. The minimum Gasteiger partial charge on any atom is -0.350 e. The molecule has 154 valence electrons. The van der Waals surface area contributed by atoms with Crippen molar-refractivity contribution in [3.63, 3.8) is 0 Å². The lowest BCUT2D eigenvalue weighted by atomic mass is 10.1. The third-order valence-electron chi connectivity index (χ3n) is 4.79. The lowest BCUT2D eigenvalue weighted by Gasteiger charge is -2.13. The Morgan fingerprint density at radius 3 is 2.66 bits per heavy atom. The Labute approximate surface area is 180 Å². The van der Waals surface area contributed by atoms with E-state index in [0.29, 0.717) is 38.4 Å². The second-order valence-corrected chi connectivity index (χ2v) is 7.97. The number of anilines is 2. The molecule has 0 bridgehead atoms. The summed E-state index contributed by atoms with van der Waals surface area (Å²) in [5.74, 6) is 0.394. The van der Waals surface area contributed by atoms with Crippen molar-refractivity contribution in [2.75, 3.05) is 5.32 Å². The van der Waals surface area contributed by atoms with Gasteiger partial charge >= 0.3 is 0 Å². The number of amides is 1. The van der Waals surface area contributed by atoms with E-state index in [1.165, 1.54) is 6.42 Å². The van der Waals surface area contributed by atoms with Gasteiger partial charge in [0.1, 0.15) is 5.52 Å². The second-order valence-electron chi connectivity index (χ2n) is 7.15. The van der Waals surface area contributed by atoms with Gasteiger partial charge in [-0.2, -0.15) is 0 Å². The predicted molar refractivity (Wildman–Crippen MR) is 119 cm³/mol. The normalized spacial score (nSPS) is 12.2. The molecule has 0 unspecified atom stereocenters. The number of benzene rings is 1. The molecule has 6 nitrogen and oxygen atoms in total. The van der Waals surface area contributed by atoms with Gasteiger partial charge in [-0.25, -0.2) is 9.97 Å². The monoisotopic (exact) mass is 433 g/mol. The van der Waals surface area contributed by atoms with Crippen LogP contribution in [0.25, 0.3) is 11.2 Å². The van der Waals surface area contributed by atoms with Gasteiger partial charge in [0.05, 0.1) is 21.3 Å². The maximum Gasteiger partial charge on any atom is 0.253 e. The Kier molecular flexibility index (Phi) is 6.98. The summed E-state index contributed by atoms with van der Waals surface area (Å²) in [6, 6.07) is 7.14. The molecule has 29 heavy (non-hydrogen) atoms. The molecule has 2 heterocycles. The van der Waals surface area contributed by atoms with Crippen molar-refractivity contribution in [1.82, 2.24) is 19.9 Å². The van der Waals surface area contributed by atoms with Crippen molar-refractivity contribution in [2.45, 2.75) is 45.6 Å². The summed E-state index contributed by atoms with van der Waals surface area (Å²) >= 11 is 12.5. The molecule has 0 aliphatic rings. The molecule has 0 aliphatic carbocycles. The van der Waals surface area contributed by atoms with Crippen LogP contribution in [0.15, 0.2) is 30.5 Å². The molecule has 0 radical (unpaired) electrons. The molecule has 8 heteroatoms. The summed E-state index contributed by atoms with van der Waals surface area (Å²) in [4.78, 5) is 21.6. The number of aryl methyl sites for hydroxylation is 1. The minimum absolute atomic E-state index is 0.119. The summed E-state index contributed by atoms with van der Waals surface area (Å²) < 4.78 is 1.80. The van der Waals surface area contributed by atoms with E-state index in [1.807, 2.05) is 14.0 Å². The van der Waals surface area contributed by atoms with E-state index in [0.717, 1.165) is 19.3 Å². The maximum atomic E-state index is 12.6. The Morgan fingerprint density at radius 1 is 1.24 bits per heavy atom. The summed E-state index contributed by atoms with van der Waals surface area (Å²) in [6.07, 6.45) is 5.98. The van der Waals surface area contributed by atoms with Crippen molar-refractivity contribution in [3.8, 4) is 0 Å². The van der Waals surface area contributed by atoms with E-state index in [9.17, 15) is 4.79 Å². The highest BCUT2D eigenvalue weighted by atomic mass is 35.5. The summed E-state index contributed by atoms with van der Waals surface area (Å²) in [5, 5.41) is 7.18. The molecule has 2 N–H and O–H groups in total. The average Bonchev–Trinajstić information content (AvgIpc) is 3.00. The van der Waals surface area contributed by atoms with Gasteiger partial charge in [-0.3, -0.25) is 9.36 Å². The zero-order valence-corrected chi connectivity index (χ0v) is 18.3. The van der Waals surface area contributed by atoms with Crippen LogP contribution in [0.3, 0.4) is 0 Å². The molecule has 0 fully saturated rings. The van der Waals surface area contributed by atoms with Crippen molar-refractivity contribution >= 4 is 51.9 Å². The molecule has 0 saturated heterocycles. The summed E-state index contributed by atoms with van der Waals surface area (Å²) in [7, 11) is 1.84. The number of carbonyl (C=O) groups excluding carboxylic acids is 1. The molecule has 0 saturated carbocycles. The third-order valence-corrected chi connectivity index (χ3v) is 5.42. The highest BCUT2D eigenvalue weighted by molar-refractivity contribution is 6.39. The zero-order chi connectivity index (χ0) is 21.0. The number of hydrogen-bond donors (Lipinski definition) is 2. The van der Waals surface area contributed by atoms with Gasteiger partial charge in [0.2, 0.25) is 5.95 Å². The fraction of sp³-hybridized carbons (Fsp3) is 0.381. The van der Waals surface area contributed by atoms with E-state index in [4.69, 9.17) is 23.2 Å². The lowest BCUT2D eigenvalue weighted by Crippen LogP contribution is -2.32. The molecule has 1 aromatic carbocycles. The highest BCUT2D eigenvalue weighted by Gasteiger charge is 2.16. The largest absolute Gasteiger partial charge is 0.350 e. The first-order valence-corrected chi connectivity index (χ1v) is 10.5. The molecular weight excluding hydrogens is 409 g/mol. The van der Waals surface area contributed by atoms with Gasteiger partial charge in [-0.15, -0.1) is 0 Å². The number of unbranched alkanes of at least 4 members (excludes halogenated alkanes) is 2. The molecule has 0 aliphatic heterocycles. The van der Waals surface area contributed by atoms with Gasteiger partial charge in [0, 0.05) is 19.3 Å². The Bertz CT molecular complexity index is 997. The molecule has 1 atom stereocenters. The maximum absolute atomic E-state index is 12.6. The van der Waals surface area contributed by atoms with Gasteiger partial charge < -0.3 is 10.6 Å². The van der Waals surface area contributed by atoms with Crippen LogP contribution in [-0.4, -0.2) is 26.5 Å². The summed E-state index contributed by atoms with van der Waals surface area (Å²) in [5.41, 5.74) is 2.33. The number of fused-ring (bicyclic) bond motifs is 1. The van der Waals surface area contributed by atoms with Crippen LogP contribution >= 0.6 is 23.2 Å². The van der Waals surface area contributed by atoms with Crippen LogP contribution in [0.4, 0.5) is 11.6 Å². The number of pyridine rings is 1. The number of aromatic nitrogens is 3. The highest BCUT2D eigenvalue weighted by Crippen LogP contribution is 2.32. The van der Waals surface area contributed by atoms with Crippen molar-refractivity contribution in [1.29, 1.82) is 0 Å². The predicted octanol–water partition coefficient (Wildman–Crippen LogP) is 5.72. The van der Waals surface area contributed by atoms with Gasteiger partial charge in [-0.1, -0.05) is 55.5 Å². The number of halogens is 2. The van der Waals surface area contributed by atoms with E-state index < -0.39 is 0 Å². The van der Waals surface area contributed by atoms with Crippen LogP contribution in [0.1, 0.15) is 49.9 Å². The number of hydrogen-bond acceptors (Lipinski definition) is 4. The van der Waals surface area contributed by atoms with Crippen LogP contribution in [0, 0.1) is 0 Å². The Hall–Kier alpha value is -2.31. The van der Waals surface area contributed by atoms with E-state index in [1.54, 1.807) is 35.0 Å². The third kappa shape index (κ3) is 5.00. The molecular formula is C21H25Cl2N5O. The van der Waals surface area contributed by atoms with Crippen LogP contribution in [-0.2, 0) is 7.05 Å². The molecule has 3 aromatic rings. The lowest BCUT2D eigenvalue weighted by molar-refractivity contribution is 0.0937. The number of nitrogens with zero attached hydrogens (tertiary/aromatic N) is 3. The van der Waals surface area contributed by atoms with Gasteiger partial charge in [0.15, 0.2) is 5.65 Å².